The summed E-state index contributed by atoms with van der Waals surface area (Å²) in [6, 6.07) is 7.01. The van der Waals surface area contributed by atoms with Gasteiger partial charge in [0, 0.05) is 16.0 Å². The molecule has 0 aliphatic rings. The van der Waals surface area contributed by atoms with E-state index >= 15 is 0 Å². The molecule has 82 valence electrons. The summed E-state index contributed by atoms with van der Waals surface area (Å²) in [4.78, 5) is 10.6. The topological polar surface area (TPSA) is 50.4 Å². The minimum absolute atomic E-state index is 0.227. The molecule has 0 saturated heterocycles. The van der Waals surface area contributed by atoms with Crippen LogP contribution in [-0.2, 0) is 4.79 Å². The lowest BCUT2D eigenvalue weighted by atomic mass is 10.2. The van der Waals surface area contributed by atoms with E-state index in [1.807, 2.05) is 0 Å². The van der Waals surface area contributed by atoms with Crippen LogP contribution in [0.5, 0.6) is 0 Å². The van der Waals surface area contributed by atoms with Crippen LogP contribution in [0.3, 0.4) is 0 Å². The highest BCUT2D eigenvalue weighted by molar-refractivity contribution is 6.31. The number of carboxylic acid groups (broad SMARTS) is 1. The van der Waals surface area contributed by atoms with Crippen molar-refractivity contribution in [3.8, 4) is 0 Å². The van der Waals surface area contributed by atoms with Crippen LogP contribution in [-0.4, -0.2) is 11.1 Å². The van der Waals surface area contributed by atoms with Crippen molar-refractivity contribution in [2.45, 2.75) is 6.92 Å². The first-order valence-electron chi connectivity index (χ1n) is 4.67. The number of hydrogen-bond acceptors (Lipinski definition) is 2. The van der Waals surface area contributed by atoms with E-state index in [1.54, 1.807) is 24.3 Å². The van der Waals surface area contributed by atoms with Crippen molar-refractivity contribution in [1.29, 1.82) is 0 Å². The molecule has 2 aromatic rings. The molecule has 2 rings (SSSR count). The van der Waals surface area contributed by atoms with Crippen molar-refractivity contribution < 1.29 is 14.3 Å². The van der Waals surface area contributed by atoms with Gasteiger partial charge in [0.2, 0.25) is 0 Å². The van der Waals surface area contributed by atoms with E-state index in [-0.39, 0.29) is 5.57 Å². The Morgan fingerprint density at radius 1 is 1.44 bits per heavy atom. The molecular formula is C12H9ClO3. The zero-order chi connectivity index (χ0) is 11.7. The molecule has 0 amide bonds. The highest BCUT2D eigenvalue weighted by Crippen LogP contribution is 2.24. The summed E-state index contributed by atoms with van der Waals surface area (Å²) in [6.07, 6.45) is 1.48. The summed E-state index contributed by atoms with van der Waals surface area (Å²) >= 11 is 5.83. The maximum Gasteiger partial charge on any atom is 0.331 e. The molecule has 1 aromatic heterocycles. The van der Waals surface area contributed by atoms with E-state index < -0.39 is 5.97 Å². The SMILES string of the molecule is CC(=Cc1cc2cc(Cl)ccc2o1)C(=O)O. The number of hydrogen-bond donors (Lipinski definition) is 1. The Balaban J connectivity index is 2.48. The fraction of sp³-hybridized carbons (Fsp3) is 0.0833. The van der Waals surface area contributed by atoms with Gasteiger partial charge in [0.25, 0.3) is 0 Å². The standard InChI is InChI=1S/C12H9ClO3/c1-7(12(14)15)4-10-6-8-5-9(13)2-3-11(8)16-10/h2-6H,1H3,(H,14,15). The molecule has 1 heterocycles. The lowest BCUT2D eigenvalue weighted by Gasteiger charge is -1.89. The third-order valence-electron chi connectivity index (χ3n) is 2.19. The van der Waals surface area contributed by atoms with Gasteiger partial charge >= 0.3 is 5.97 Å². The maximum atomic E-state index is 10.6. The molecule has 0 aliphatic carbocycles. The second-order valence-electron chi connectivity index (χ2n) is 3.46. The minimum atomic E-state index is -0.960. The Kier molecular flexibility index (Phi) is 2.71. The Bertz CT molecular complexity index is 581. The van der Waals surface area contributed by atoms with Crippen LogP contribution in [0.15, 0.2) is 34.3 Å². The van der Waals surface area contributed by atoms with E-state index in [0.29, 0.717) is 16.4 Å². The molecule has 16 heavy (non-hydrogen) atoms. The summed E-state index contributed by atoms with van der Waals surface area (Å²) in [5, 5.41) is 10.2. The number of fused-ring (bicyclic) bond motifs is 1. The molecule has 0 radical (unpaired) electrons. The van der Waals surface area contributed by atoms with Gasteiger partial charge in [0.05, 0.1) is 0 Å². The van der Waals surface area contributed by atoms with Gasteiger partial charge in [-0.3, -0.25) is 0 Å². The monoisotopic (exact) mass is 236 g/mol. The summed E-state index contributed by atoms with van der Waals surface area (Å²) in [7, 11) is 0. The van der Waals surface area contributed by atoms with Crippen molar-refractivity contribution in [3.63, 3.8) is 0 Å². The fourth-order valence-corrected chi connectivity index (χ4v) is 1.56. The van der Waals surface area contributed by atoms with E-state index in [4.69, 9.17) is 21.1 Å². The van der Waals surface area contributed by atoms with Crippen LogP contribution < -0.4 is 0 Å². The number of carbonyl (C=O) groups is 1. The molecule has 1 aromatic carbocycles. The number of halogens is 1. The summed E-state index contributed by atoms with van der Waals surface area (Å²) < 4.78 is 5.45. The molecule has 0 atom stereocenters. The molecule has 1 N–H and O–H groups in total. The Hall–Kier alpha value is -1.74. The second kappa shape index (κ2) is 4.02. The van der Waals surface area contributed by atoms with E-state index in [0.717, 1.165) is 5.39 Å². The third kappa shape index (κ3) is 2.09. The fourth-order valence-electron chi connectivity index (χ4n) is 1.38. The van der Waals surface area contributed by atoms with Crippen molar-refractivity contribution in [2.75, 3.05) is 0 Å². The van der Waals surface area contributed by atoms with Crippen LogP contribution in [0.25, 0.3) is 17.0 Å². The van der Waals surface area contributed by atoms with Gasteiger partial charge in [-0.2, -0.15) is 0 Å². The van der Waals surface area contributed by atoms with Crippen molar-refractivity contribution >= 4 is 34.6 Å². The molecule has 0 aliphatic heterocycles. The first-order chi connectivity index (χ1) is 7.56. The lowest BCUT2D eigenvalue weighted by Crippen LogP contribution is -1.94. The van der Waals surface area contributed by atoms with Crippen LogP contribution >= 0.6 is 11.6 Å². The average Bonchev–Trinajstić information content (AvgIpc) is 2.58. The molecule has 0 unspecified atom stereocenters. The Morgan fingerprint density at radius 3 is 2.88 bits per heavy atom. The first kappa shape index (κ1) is 10.8. The first-order valence-corrected chi connectivity index (χ1v) is 5.05. The molecule has 3 nitrogen and oxygen atoms in total. The molecule has 4 heteroatoms. The minimum Gasteiger partial charge on any atom is -0.478 e. The number of carboxylic acids is 1. The number of furan rings is 1. The zero-order valence-electron chi connectivity index (χ0n) is 8.53. The van der Waals surface area contributed by atoms with Gasteiger partial charge < -0.3 is 9.52 Å². The van der Waals surface area contributed by atoms with Crippen LogP contribution in [0.1, 0.15) is 12.7 Å². The molecule has 0 spiro atoms. The highest BCUT2D eigenvalue weighted by Gasteiger charge is 2.05. The summed E-state index contributed by atoms with van der Waals surface area (Å²) in [5.41, 5.74) is 0.916. The van der Waals surface area contributed by atoms with Gasteiger partial charge in [0.15, 0.2) is 0 Å². The number of benzene rings is 1. The Morgan fingerprint density at radius 2 is 2.19 bits per heavy atom. The van der Waals surface area contributed by atoms with E-state index in [9.17, 15) is 4.79 Å². The zero-order valence-corrected chi connectivity index (χ0v) is 9.28. The van der Waals surface area contributed by atoms with Gasteiger partial charge in [-0.15, -0.1) is 0 Å². The predicted molar refractivity (Wildman–Crippen MR) is 62.5 cm³/mol. The van der Waals surface area contributed by atoms with Crippen LogP contribution in [0.2, 0.25) is 5.02 Å². The average molecular weight is 237 g/mol. The van der Waals surface area contributed by atoms with E-state index in [1.165, 1.54) is 13.0 Å². The summed E-state index contributed by atoms with van der Waals surface area (Å²) in [6.45, 7) is 1.52. The molecule has 0 saturated carbocycles. The normalized spacial score (nSPS) is 12.0. The van der Waals surface area contributed by atoms with Gasteiger partial charge in [-0.1, -0.05) is 11.6 Å². The summed E-state index contributed by atoms with van der Waals surface area (Å²) in [5.74, 6) is -0.448. The highest BCUT2D eigenvalue weighted by atomic mass is 35.5. The van der Waals surface area contributed by atoms with Gasteiger partial charge in [-0.05, 0) is 37.3 Å². The second-order valence-corrected chi connectivity index (χ2v) is 3.90. The molecular weight excluding hydrogens is 228 g/mol. The number of aliphatic carboxylic acids is 1. The predicted octanol–water partition coefficient (Wildman–Crippen LogP) is 3.57. The van der Waals surface area contributed by atoms with E-state index in [2.05, 4.69) is 0 Å². The van der Waals surface area contributed by atoms with Crippen molar-refractivity contribution in [1.82, 2.24) is 0 Å². The smallest absolute Gasteiger partial charge is 0.331 e. The quantitative estimate of drug-likeness (QED) is 0.811. The van der Waals surface area contributed by atoms with Gasteiger partial charge in [-0.25, -0.2) is 4.79 Å². The maximum absolute atomic E-state index is 10.6. The van der Waals surface area contributed by atoms with Crippen LogP contribution in [0, 0.1) is 0 Å². The van der Waals surface area contributed by atoms with Crippen molar-refractivity contribution in [2.24, 2.45) is 0 Å². The Labute approximate surface area is 96.9 Å². The van der Waals surface area contributed by atoms with Crippen molar-refractivity contribution in [3.05, 3.63) is 40.6 Å². The molecule has 0 bridgehead atoms. The lowest BCUT2D eigenvalue weighted by molar-refractivity contribution is -0.132. The van der Waals surface area contributed by atoms with Crippen LogP contribution in [0.4, 0.5) is 0 Å². The van der Waals surface area contributed by atoms with Gasteiger partial charge in [0.1, 0.15) is 11.3 Å². The number of rotatable bonds is 2. The third-order valence-corrected chi connectivity index (χ3v) is 2.43. The largest absolute Gasteiger partial charge is 0.478 e. The molecule has 0 fully saturated rings.